The van der Waals surface area contributed by atoms with Gasteiger partial charge in [0.1, 0.15) is 6.10 Å². The maximum atomic E-state index is 14.5. The number of halogens is 3. The third-order valence-corrected chi connectivity index (χ3v) is 13.8. The summed E-state index contributed by atoms with van der Waals surface area (Å²) in [6.45, 7) is 16.5. The second kappa shape index (κ2) is 10.1. The van der Waals surface area contributed by atoms with Crippen LogP contribution < -0.4 is 0 Å². The molecule has 0 heterocycles. The molecule has 5 aliphatic rings. The monoisotopic (exact) mass is 619 g/mol. The van der Waals surface area contributed by atoms with E-state index in [2.05, 4.69) is 46.4 Å². The van der Waals surface area contributed by atoms with Crippen molar-refractivity contribution < 1.29 is 37.1 Å². The van der Waals surface area contributed by atoms with Crippen LogP contribution in [0.1, 0.15) is 113 Å². The molecule has 6 nitrogen and oxygen atoms in total. The Hall–Kier alpha value is -2.34. The van der Waals surface area contributed by atoms with Crippen LogP contribution in [0.3, 0.4) is 0 Å². The average Bonchev–Trinajstić information content (AvgIpc) is 2.90. The van der Waals surface area contributed by atoms with Gasteiger partial charge in [-0.3, -0.25) is 14.4 Å². The molecule has 0 aliphatic heterocycles. The van der Waals surface area contributed by atoms with Gasteiger partial charge in [-0.25, -0.2) is 0 Å². The number of amides is 1. The molecule has 0 saturated heterocycles. The van der Waals surface area contributed by atoms with Crippen molar-refractivity contribution in [2.45, 2.75) is 126 Å². The first kappa shape index (κ1) is 33.0. The number of allylic oxidation sites excluding steroid dienone is 2. The Morgan fingerprint density at radius 1 is 0.977 bits per heavy atom. The molecule has 1 unspecified atom stereocenters. The molecule has 0 spiro atoms. The average molecular weight is 620 g/mol. The van der Waals surface area contributed by atoms with Crippen LogP contribution in [0.2, 0.25) is 0 Å². The molecule has 4 fully saturated rings. The van der Waals surface area contributed by atoms with Gasteiger partial charge in [-0.15, -0.1) is 18.2 Å². The summed E-state index contributed by atoms with van der Waals surface area (Å²) in [5.74, 6) is -1.21. The lowest BCUT2D eigenvalue weighted by Crippen LogP contribution is -2.66. The Kier molecular flexibility index (Phi) is 7.57. The standard InChI is InChI=1S/C35H48F3NO5/c1-10-39(44-35(36,37)38)28(42)31(6)16-15-30(5)17-18-33(8)22(23(30)20-31)19-24(41)27-32(7)13-12-26(43-21(2)40)29(3,4)25(32)11-14-34(27,33)9/h1,19,23,25-27H,11-18,20H2,2-9H3/t23-,25?,26-,27+,30+,31-,32-,33+,34+/m0/s1. The number of nitrogens with zero attached hydrogens (tertiary/aromatic N) is 1. The molecule has 9 atom stereocenters. The normalized spacial score (nSPS) is 44.5. The van der Waals surface area contributed by atoms with Gasteiger partial charge in [-0.2, -0.15) is 4.84 Å². The third kappa shape index (κ3) is 4.67. The van der Waals surface area contributed by atoms with Crippen molar-refractivity contribution in [3.63, 3.8) is 0 Å². The number of ketones is 1. The summed E-state index contributed by atoms with van der Waals surface area (Å²) in [5.41, 5.74) is -1.55. The van der Waals surface area contributed by atoms with E-state index >= 15 is 0 Å². The summed E-state index contributed by atoms with van der Waals surface area (Å²) in [7, 11) is 0. The lowest BCUT2D eigenvalue weighted by Gasteiger charge is -2.70. The quantitative estimate of drug-likeness (QED) is 0.140. The van der Waals surface area contributed by atoms with Gasteiger partial charge in [-0.05, 0) is 97.4 Å². The molecule has 9 heteroatoms. The number of ether oxygens (including phenoxy) is 1. The largest absolute Gasteiger partial charge is 0.545 e. The number of rotatable bonds is 3. The molecule has 0 N–H and O–H groups in total. The molecule has 244 valence electrons. The van der Waals surface area contributed by atoms with E-state index in [0.717, 1.165) is 37.7 Å². The van der Waals surface area contributed by atoms with E-state index < -0.39 is 17.7 Å². The van der Waals surface area contributed by atoms with E-state index in [9.17, 15) is 27.6 Å². The predicted molar refractivity (Wildman–Crippen MR) is 158 cm³/mol. The molecule has 0 aromatic rings. The topological polar surface area (TPSA) is 72.9 Å². The van der Waals surface area contributed by atoms with Gasteiger partial charge in [0.05, 0.1) is 5.41 Å². The number of esters is 1. The molecule has 5 rings (SSSR count). The number of carbonyl (C=O) groups is 3. The lowest BCUT2D eigenvalue weighted by molar-refractivity contribution is -0.390. The summed E-state index contributed by atoms with van der Waals surface area (Å²) >= 11 is 0. The number of carbonyl (C=O) groups excluding carboxylic acids is 3. The van der Waals surface area contributed by atoms with Gasteiger partial charge in [0.25, 0.3) is 5.91 Å². The Labute approximate surface area is 259 Å². The van der Waals surface area contributed by atoms with E-state index in [1.807, 2.05) is 6.08 Å². The smallest absolute Gasteiger partial charge is 0.462 e. The fourth-order valence-corrected chi connectivity index (χ4v) is 11.2. The van der Waals surface area contributed by atoms with Crippen LogP contribution in [0.25, 0.3) is 0 Å². The number of hydrogen-bond acceptors (Lipinski definition) is 5. The summed E-state index contributed by atoms with van der Waals surface area (Å²) in [4.78, 5) is 43.9. The summed E-state index contributed by atoms with van der Waals surface area (Å²) in [5, 5.41) is -0.00153. The van der Waals surface area contributed by atoms with Crippen LogP contribution in [-0.2, 0) is 24.0 Å². The summed E-state index contributed by atoms with van der Waals surface area (Å²) in [6.07, 6.45) is 8.28. The van der Waals surface area contributed by atoms with Gasteiger partial charge in [0.15, 0.2) is 5.78 Å². The van der Waals surface area contributed by atoms with E-state index in [0.29, 0.717) is 25.7 Å². The number of hydrogen-bond donors (Lipinski definition) is 0. The van der Waals surface area contributed by atoms with Gasteiger partial charge in [0.2, 0.25) is 0 Å². The first-order chi connectivity index (χ1) is 20.1. The second-order valence-electron chi connectivity index (χ2n) is 16.5. The fourth-order valence-electron chi connectivity index (χ4n) is 11.2. The number of fused-ring (bicyclic) bond motifs is 7. The molecule has 0 bridgehead atoms. The highest BCUT2D eigenvalue weighted by atomic mass is 19.4. The minimum Gasteiger partial charge on any atom is -0.462 e. The molecule has 0 aromatic carbocycles. The maximum Gasteiger partial charge on any atom is 0.545 e. The first-order valence-corrected chi connectivity index (χ1v) is 16.1. The van der Waals surface area contributed by atoms with Crippen LogP contribution in [0.4, 0.5) is 13.2 Å². The molecular weight excluding hydrogens is 571 g/mol. The highest BCUT2D eigenvalue weighted by molar-refractivity contribution is 5.95. The zero-order valence-corrected chi connectivity index (χ0v) is 27.5. The van der Waals surface area contributed by atoms with Crippen LogP contribution in [-0.4, -0.2) is 35.2 Å². The van der Waals surface area contributed by atoms with E-state index in [1.54, 1.807) is 13.0 Å². The van der Waals surface area contributed by atoms with Crippen molar-refractivity contribution in [3.05, 3.63) is 11.6 Å². The Balaban J connectivity index is 1.53. The molecule has 0 aromatic heterocycles. The Morgan fingerprint density at radius 3 is 2.20 bits per heavy atom. The highest BCUT2D eigenvalue weighted by Gasteiger charge is 2.70. The van der Waals surface area contributed by atoms with Crippen molar-refractivity contribution in [1.29, 1.82) is 0 Å². The Morgan fingerprint density at radius 2 is 1.61 bits per heavy atom. The third-order valence-electron chi connectivity index (χ3n) is 13.8. The minimum atomic E-state index is -5.09. The van der Waals surface area contributed by atoms with E-state index in [-0.39, 0.29) is 67.7 Å². The zero-order valence-electron chi connectivity index (χ0n) is 27.5. The van der Waals surface area contributed by atoms with E-state index in [1.165, 1.54) is 6.92 Å². The number of terminal acetylenes is 1. The Bertz CT molecular complexity index is 1330. The summed E-state index contributed by atoms with van der Waals surface area (Å²) < 4.78 is 45.1. The zero-order chi connectivity index (χ0) is 32.9. The van der Waals surface area contributed by atoms with Crippen molar-refractivity contribution in [2.24, 2.45) is 50.2 Å². The van der Waals surface area contributed by atoms with Crippen LogP contribution in [0.5, 0.6) is 0 Å². The van der Waals surface area contributed by atoms with Crippen molar-refractivity contribution >= 4 is 17.7 Å². The van der Waals surface area contributed by atoms with Crippen molar-refractivity contribution in [3.8, 4) is 12.5 Å². The van der Waals surface area contributed by atoms with Gasteiger partial charge >= 0.3 is 12.3 Å². The number of hydroxylamine groups is 2. The highest BCUT2D eigenvalue weighted by Crippen LogP contribution is 2.75. The molecule has 1 amide bonds. The lowest BCUT2D eigenvalue weighted by atomic mass is 9.33. The summed E-state index contributed by atoms with van der Waals surface area (Å²) in [6, 6.07) is 1.77. The van der Waals surface area contributed by atoms with E-state index in [4.69, 9.17) is 11.2 Å². The minimum absolute atomic E-state index is 0.00153. The van der Waals surface area contributed by atoms with Crippen LogP contribution in [0.15, 0.2) is 11.6 Å². The maximum absolute atomic E-state index is 14.5. The van der Waals surface area contributed by atoms with Crippen LogP contribution in [0, 0.1) is 62.7 Å². The molecule has 4 saturated carbocycles. The number of alkyl halides is 3. The second-order valence-corrected chi connectivity index (χ2v) is 16.5. The predicted octanol–water partition coefficient (Wildman–Crippen LogP) is 7.77. The van der Waals surface area contributed by atoms with Gasteiger partial charge in [-0.1, -0.05) is 60.5 Å². The van der Waals surface area contributed by atoms with Gasteiger partial charge in [0, 0.05) is 24.3 Å². The van der Waals surface area contributed by atoms with Crippen molar-refractivity contribution in [2.75, 3.05) is 0 Å². The fraction of sp³-hybridized carbons (Fsp3) is 0.800. The molecular formula is C35H48F3NO5. The SMILES string of the molecule is C#CN(OC(F)(F)F)C(=O)[C@@]1(C)CC[C@]2(C)CC[C@]3(C)C(=CC(=O)[C@@H]4[C@@]5(C)CC[C@H](OC(C)=O)C(C)(C)C5CC[C@]43C)[C@@H]2C1. The molecule has 0 radical (unpaired) electrons. The van der Waals surface area contributed by atoms with Gasteiger partial charge < -0.3 is 4.74 Å². The van der Waals surface area contributed by atoms with Crippen molar-refractivity contribution in [1.82, 2.24) is 5.06 Å². The molecule has 5 aliphatic carbocycles. The molecule has 44 heavy (non-hydrogen) atoms. The van der Waals surface area contributed by atoms with Crippen LogP contribution >= 0.6 is 0 Å². The first-order valence-electron chi connectivity index (χ1n) is 16.1.